The predicted octanol–water partition coefficient (Wildman–Crippen LogP) is 11.9. The fourth-order valence-corrected chi connectivity index (χ4v) is 25.8. The zero-order valence-corrected chi connectivity index (χ0v) is 55.7. The number of esters is 2. The van der Waals surface area contributed by atoms with Gasteiger partial charge in [-0.25, -0.2) is 4.79 Å². The highest BCUT2D eigenvalue weighted by molar-refractivity contribution is 5.67. The molecule has 17 heteroatoms. The Kier molecular flexibility index (Phi) is 15.1. The van der Waals surface area contributed by atoms with Crippen molar-refractivity contribution in [1.29, 1.82) is 0 Å². The molecule has 1 aromatic carbocycles. The second-order valence-corrected chi connectivity index (χ2v) is 34.7. The molecule has 1 aromatic rings. The van der Waals surface area contributed by atoms with E-state index in [4.69, 9.17) is 28.4 Å². The van der Waals surface area contributed by atoms with Gasteiger partial charge in [0.1, 0.15) is 11.9 Å². The molecule has 26 atom stereocenters. The number of carbonyl (C=O) groups is 3. The van der Waals surface area contributed by atoms with Crippen molar-refractivity contribution < 1.29 is 73.3 Å². The number of hydrogen-bond acceptors (Lipinski definition) is 16. The van der Waals surface area contributed by atoms with Crippen LogP contribution in [0.1, 0.15) is 214 Å². The molecule has 10 saturated carbocycles. The van der Waals surface area contributed by atoms with Crippen LogP contribution in [0.3, 0.4) is 0 Å². The zero-order valence-electron chi connectivity index (χ0n) is 55.7. The van der Waals surface area contributed by atoms with E-state index in [1.54, 1.807) is 27.7 Å². The van der Waals surface area contributed by atoms with Gasteiger partial charge >= 0.3 is 18.1 Å². The Balaban J connectivity index is 0.000000178. The minimum atomic E-state index is -1.30. The summed E-state index contributed by atoms with van der Waals surface area (Å²) in [6.45, 7) is 32.4. The van der Waals surface area contributed by atoms with Crippen LogP contribution in [0.15, 0.2) is 24.3 Å². The molecule has 2 aliphatic heterocycles. The molecule has 2 heterocycles. The van der Waals surface area contributed by atoms with E-state index < -0.39 is 76.9 Å². The van der Waals surface area contributed by atoms with Crippen molar-refractivity contribution in [2.45, 2.75) is 286 Å². The minimum Gasteiger partial charge on any atom is -0.457 e. The summed E-state index contributed by atoms with van der Waals surface area (Å²) in [5.74, 6) is 1.85. The lowest BCUT2D eigenvalue weighted by Crippen LogP contribution is -2.60. The third kappa shape index (κ3) is 8.75. The molecule has 0 radical (unpaired) electrons. The number of nitro benzene ring substituents is 1. The van der Waals surface area contributed by atoms with Crippen molar-refractivity contribution in [3.8, 4) is 5.75 Å². The van der Waals surface area contributed by atoms with Gasteiger partial charge in [0.2, 0.25) is 0 Å². The van der Waals surface area contributed by atoms with E-state index in [1.165, 1.54) is 51.0 Å². The Bertz CT molecular complexity index is 2940. The number of fused-ring (bicyclic) bond motifs is 8. The summed E-state index contributed by atoms with van der Waals surface area (Å²) in [5.41, 5.74) is -2.97. The number of aliphatic hydroxyl groups is 5. The quantitative estimate of drug-likeness (QED) is 0.0507. The van der Waals surface area contributed by atoms with Crippen molar-refractivity contribution in [2.24, 2.45) is 101 Å². The summed E-state index contributed by atoms with van der Waals surface area (Å²) in [6.07, 6.45) is 10.1. The number of non-ortho nitro benzene ring substituents is 1. The van der Waals surface area contributed by atoms with Crippen LogP contribution in [0.2, 0.25) is 0 Å². The maximum Gasteiger partial charge on any atom is 0.514 e. The van der Waals surface area contributed by atoms with Crippen LogP contribution in [0, 0.1) is 112 Å². The predicted molar refractivity (Wildman–Crippen MR) is 326 cm³/mol. The van der Waals surface area contributed by atoms with E-state index in [-0.39, 0.29) is 102 Å². The van der Waals surface area contributed by atoms with Crippen LogP contribution in [0.4, 0.5) is 10.5 Å². The maximum atomic E-state index is 13.0. The Morgan fingerprint density at radius 2 is 0.989 bits per heavy atom. The van der Waals surface area contributed by atoms with Crippen LogP contribution < -0.4 is 4.74 Å². The van der Waals surface area contributed by atoms with Crippen molar-refractivity contribution in [3.05, 3.63) is 34.4 Å². The summed E-state index contributed by atoms with van der Waals surface area (Å²) >= 11 is 0. The average molecular weight is 1230 g/mol. The number of benzene rings is 1. The van der Waals surface area contributed by atoms with Gasteiger partial charge in [0.25, 0.3) is 5.69 Å². The van der Waals surface area contributed by atoms with Gasteiger partial charge in [0.05, 0.1) is 58.9 Å². The van der Waals surface area contributed by atoms with Gasteiger partial charge in [0, 0.05) is 42.2 Å². The fraction of sp³-hybridized carbons (Fsp3) is 0.873. The van der Waals surface area contributed by atoms with Crippen LogP contribution in [-0.2, 0) is 33.3 Å². The molecule has 13 rings (SSSR count). The molecule has 17 nitrogen and oxygen atoms in total. The highest BCUT2D eigenvalue weighted by atomic mass is 16.7. The Morgan fingerprint density at radius 3 is 1.40 bits per heavy atom. The Morgan fingerprint density at radius 1 is 0.591 bits per heavy atom. The van der Waals surface area contributed by atoms with Gasteiger partial charge in [0.15, 0.2) is 12.2 Å². The first-order valence-corrected chi connectivity index (χ1v) is 34.0. The summed E-state index contributed by atoms with van der Waals surface area (Å²) in [7, 11) is 0. The number of hydrogen-bond donors (Lipinski definition) is 5. The zero-order chi connectivity index (χ0) is 64.2. The van der Waals surface area contributed by atoms with Gasteiger partial charge in [-0.05, 0) is 228 Å². The highest BCUT2D eigenvalue weighted by Crippen LogP contribution is 2.91. The normalized spacial score (nSPS) is 49.3. The molecule has 88 heavy (non-hydrogen) atoms. The van der Waals surface area contributed by atoms with E-state index >= 15 is 0 Å². The summed E-state index contributed by atoms with van der Waals surface area (Å²) in [6, 6.07) is 5.40. The first-order chi connectivity index (χ1) is 40.7. The second kappa shape index (κ2) is 20.5. The number of nitro groups is 1. The van der Waals surface area contributed by atoms with Crippen molar-refractivity contribution >= 4 is 23.8 Å². The fourth-order valence-electron chi connectivity index (χ4n) is 25.8. The molecule has 12 aliphatic rings. The van der Waals surface area contributed by atoms with Gasteiger partial charge in [-0.15, -0.1) is 0 Å². The van der Waals surface area contributed by atoms with Crippen LogP contribution in [0.25, 0.3) is 0 Å². The van der Waals surface area contributed by atoms with Crippen LogP contribution >= 0.6 is 0 Å². The lowest BCUT2D eigenvalue weighted by atomic mass is 9.41. The van der Waals surface area contributed by atoms with Gasteiger partial charge in [-0.1, -0.05) is 69.2 Å². The molecule has 492 valence electrons. The van der Waals surface area contributed by atoms with E-state index in [1.807, 2.05) is 0 Å². The van der Waals surface area contributed by atoms with Gasteiger partial charge < -0.3 is 54.0 Å². The molecule has 2 saturated heterocycles. The van der Waals surface area contributed by atoms with Crippen LogP contribution in [0.5, 0.6) is 5.75 Å². The van der Waals surface area contributed by atoms with Crippen LogP contribution in [-0.4, -0.2) is 121 Å². The lowest BCUT2D eigenvalue weighted by molar-refractivity contribution is -0.384. The minimum absolute atomic E-state index is 0.0383. The van der Waals surface area contributed by atoms with Crippen molar-refractivity contribution in [2.75, 3.05) is 0 Å². The monoisotopic (exact) mass is 1230 g/mol. The summed E-state index contributed by atoms with van der Waals surface area (Å²) in [5, 5.41) is 68.7. The highest BCUT2D eigenvalue weighted by Gasteiger charge is 2.87. The number of ether oxygens (including phenoxy) is 6. The molecule has 0 aromatic heterocycles. The van der Waals surface area contributed by atoms with E-state index in [9.17, 15) is 50.0 Å². The molecular formula is C71H107NO16. The first-order valence-electron chi connectivity index (χ1n) is 34.0. The maximum absolute atomic E-state index is 13.0. The van der Waals surface area contributed by atoms with Gasteiger partial charge in [-0.3, -0.25) is 19.7 Å². The molecule has 0 amide bonds. The number of aliphatic hydroxyl groups excluding tert-OH is 3. The second-order valence-electron chi connectivity index (χ2n) is 34.7. The number of rotatable bonds is 9. The molecule has 4 spiro atoms. The van der Waals surface area contributed by atoms with E-state index in [2.05, 4.69) is 69.2 Å². The third-order valence-corrected chi connectivity index (χ3v) is 29.7. The largest absolute Gasteiger partial charge is 0.514 e. The van der Waals surface area contributed by atoms with Gasteiger partial charge in [-0.2, -0.15) is 0 Å². The number of nitrogens with zero attached hydrogens (tertiary/aromatic N) is 1. The molecule has 0 bridgehead atoms. The Labute approximate surface area is 522 Å². The van der Waals surface area contributed by atoms with Crippen molar-refractivity contribution in [1.82, 2.24) is 0 Å². The van der Waals surface area contributed by atoms with Crippen molar-refractivity contribution in [3.63, 3.8) is 0 Å². The standard InChI is InChI=1S/C39H55NO10.C32H52O6/c1-21-19-25(32(35(5,6)44)47-22(2)41)49-30-29(21)36(7)17-18-39-20-38(39)16-15-28(50-33(43)48-24-11-9-23(10-12-24)40(45)46)34(3,4)26(38)13-14-27(39)37(36,8)31(30)42;1-17-15-19(26(28(5,6)36)37-18(2)33)38-24-23(17)29(7)13-14-32-16-31(32)12-11-22(34)27(3,4)20(31)9-10-21(32)30(29,8)25(24)35/h9-12,21,25-32,42,44H,13-20H2,1-8H3;17,19-26,34-36H,9-16H2,1-8H3/t21-,25-,26+,27+,28+,29+,30+,31+,32+,36-,37-,38?,39+;17-,19-,20+,21+,22+,23+,24+,25+,26+,29-,30-,31?,32+/m11/s1. The smallest absolute Gasteiger partial charge is 0.457 e. The first kappa shape index (κ1) is 64.6. The summed E-state index contributed by atoms with van der Waals surface area (Å²) < 4.78 is 36.3. The lowest BCUT2D eigenvalue weighted by Gasteiger charge is -2.63. The molecule has 10 aliphatic carbocycles. The number of carbonyl (C=O) groups excluding carboxylic acids is 3. The van der Waals surface area contributed by atoms with E-state index in [0.717, 1.165) is 77.0 Å². The third-order valence-electron chi connectivity index (χ3n) is 29.7. The van der Waals surface area contributed by atoms with E-state index in [0.29, 0.717) is 41.9 Å². The molecular weight excluding hydrogens is 1120 g/mol. The molecule has 12 fully saturated rings. The Hall–Kier alpha value is -3.45. The average Bonchev–Trinajstić information content (AvgIpc) is 1.47. The molecule has 2 unspecified atom stereocenters. The molecule has 5 N–H and O–H groups in total. The summed E-state index contributed by atoms with van der Waals surface area (Å²) in [4.78, 5) is 47.5. The SMILES string of the molecule is CC(=O)O[C@@H]([C@H]1C[C@@H](C)[C@H]2[C@H](O1)[C@H](O)[C@@]1(C)[C@@H]3CC[C@H]4C(C)(C)[C@@H](O)CCC45C[C@@]35CC[C@]21C)C(C)(C)O.CC(=O)O[C@@H]([C@H]1C[C@@H](C)[C@H]2[C@H](O1)[C@H](O)[C@@]1(C)[C@@H]3CC[C@H]4C(C)(C)[C@@H](OC(=O)Oc5ccc([N+](=O)[O-])cc5)CCC45C[C@@]35CC[C@]21C)C(C)(C)O. The topological polar surface area (TPSA) is 251 Å².